The number of thiazole rings is 1. The van der Waals surface area contributed by atoms with E-state index in [0.717, 1.165) is 52.8 Å². The summed E-state index contributed by atoms with van der Waals surface area (Å²) in [5.74, 6) is 0.187. The van der Waals surface area contributed by atoms with E-state index in [1.54, 1.807) is 17.5 Å². The number of piperidine rings is 1. The summed E-state index contributed by atoms with van der Waals surface area (Å²) in [5, 5.41) is 8.45. The lowest BCUT2D eigenvalue weighted by Crippen LogP contribution is -2.40. The molecule has 0 aromatic carbocycles. The van der Waals surface area contributed by atoms with Crippen molar-refractivity contribution in [3.05, 3.63) is 35.8 Å². The Morgan fingerprint density at radius 1 is 1.35 bits per heavy atom. The maximum atomic E-state index is 12.4. The summed E-state index contributed by atoms with van der Waals surface area (Å²) in [6.45, 7) is 4.22. The average Bonchev–Trinajstić information content (AvgIpc) is 3.22. The smallest absolute Gasteiger partial charge is 0.223 e. The predicted octanol–water partition coefficient (Wildman–Crippen LogP) is 2.27. The van der Waals surface area contributed by atoms with E-state index < -0.39 is 0 Å². The summed E-state index contributed by atoms with van der Waals surface area (Å²) in [5.41, 5.74) is 2.85. The van der Waals surface area contributed by atoms with Gasteiger partial charge >= 0.3 is 0 Å². The molecule has 3 aromatic heterocycles. The molecule has 1 aliphatic heterocycles. The highest BCUT2D eigenvalue weighted by molar-refractivity contribution is 7.22. The van der Waals surface area contributed by atoms with Crippen molar-refractivity contribution in [2.24, 2.45) is 13.0 Å². The first-order chi connectivity index (χ1) is 12.6. The molecular formula is C18H22N6OS. The number of anilines is 1. The Kier molecular flexibility index (Phi) is 4.58. The lowest BCUT2D eigenvalue weighted by atomic mass is 9.96. The Hall–Kier alpha value is -2.48. The second kappa shape index (κ2) is 7.03. The lowest BCUT2D eigenvalue weighted by Gasteiger charge is -2.31. The van der Waals surface area contributed by atoms with Gasteiger partial charge in [-0.1, -0.05) is 17.4 Å². The minimum Gasteiger partial charge on any atom is -0.350 e. The van der Waals surface area contributed by atoms with E-state index in [9.17, 15) is 4.79 Å². The van der Waals surface area contributed by atoms with Crippen LogP contribution in [0.2, 0.25) is 0 Å². The second-order valence-electron chi connectivity index (χ2n) is 6.66. The highest BCUT2D eigenvalue weighted by atomic mass is 32.1. The molecule has 7 nitrogen and oxygen atoms in total. The van der Waals surface area contributed by atoms with E-state index in [1.165, 1.54) is 0 Å². The van der Waals surface area contributed by atoms with Crippen LogP contribution in [-0.4, -0.2) is 38.7 Å². The van der Waals surface area contributed by atoms with Gasteiger partial charge in [-0.25, -0.2) is 9.67 Å². The van der Waals surface area contributed by atoms with Crippen molar-refractivity contribution in [3.63, 3.8) is 0 Å². The topological polar surface area (TPSA) is 75.9 Å². The van der Waals surface area contributed by atoms with Crippen molar-refractivity contribution in [2.75, 3.05) is 18.0 Å². The SMILES string of the molecule is Cc1nn(C)c2nc(N3CCC(C(=O)NCc4ccccn4)CC3)sc12. The third kappa shape index (κ3) is 3.29. The Labute approximate surface area is 156 Å². The van der Waals surface area contributed by atoms with Crippen LogP contribution in [0.5, 0.6) is 0 Å². The van der Waals surface area contributed by atoms with E-state index in [4.69, 9.17) is 4.98 Å². The molecule has 0 bridgehead atoms. The molecule has 0 saturated carbocycles. The van der Waals surface area contributed by atoms with Crippen molar-refractivity contribution in [3.8, 4) is 0 Å². The molecule has 136 valence electrons. The fourth-order valence-electron chi connectivity index (χ4n) is 3.37. The zero-order chi connectivity index (χ0) is 18.1. The van der Waals surface area contributed by atoms with Crippen LogP contribution in [0.3, 0.4) is 0 Å². The molecule has 0 spiro atoms. The molecule has 1 fully saturated rings. The van der Waals surface area contributed by atoms with Crippen LogP contribution in [0.4, 0.5) is 5.13 Å². The van der Waals surface area contributed by atoms with Crippen LogP contribution in [0.25, 0.3) is 10.3 Å². The number of carbonyl (C=O) groups is 1. The molecule has 1 saturated heterocycles. The second-order valence-corrected chi connectivity index (χ2v) is 7.64. The van der Waals surface area contributed by atoms with Crippen LogP contribution >= 0.6 is 11.3 Å². The monoisotopic (exact) mass is 370 g/mol. The number of aryl methyl sites for hydroxylation is 2. The number of carbonyl (C=O) groups excluding carboxylic acids is 1. The molecular weight excluding hydrogens is 348 g/mol. The highest BCUT2D eigenvalue weighted by Crippen LogP contribution is 2.32. The number of nitrogens with one attached hydrogen (secondary N) is 1. The van der Waals surface area contributed by atoms with Crippen molar-refractivity contribution >= 4 is 32.7 Å². The van der Waals surface area contributed by atoms with E-state index in [0.29, 0.717) is 6.54 Å². The first-order valence-electron chi connectivity index (χ1n) is 8.84. The number of hydrogen-bond donors (Lipinski definition) is 1. The van der Waals surface area contributed by atoms with Gasteiger partial charge in [-0.05, 0) is 31.9 Å². The Balaban J connectivity index is 1.34. The Morgan fingerprint density at radius 2 is 2.15 bits per heavy atom. The lowest BCUT2D eigenvalue weighted by molar-refractivity contribution is -0.125. The van der Waals surface area contributed by atoms with Gasteiger partial charge < -0.3 is 10.2 Å². The Bertz CT molecular complexity index is 876. The zero-order valence-electron chi connectivity index (χ0n) is 15.0. The van der Waals surface area contributed by atoms with Gasteiger partial charge in [-0.15, -0.1) is 0 Å². The molecule has 8 heteroatoms. The van der Waals surface area contributed by atoms with Crippen molar-refractivity contribution in [1.82, 2.24) is 25.1 Å². The molecule has 1 N–H and O–H groups in total. The van der Waals surface area contributed by atoms with Gasteiger partial charge in [-0.3, -0.25) is 9.78 Å². The van der Waals surface area contributed by atoms with Gasteiger partial charge in [0.05, 0.1) is 22.6 Å². The van der Waals surface area contributed by atoms with Gasteiger partial charge in [-0.2, -0.15) is 5.10 Å². The van der Waals surface area contributed by atoms with Gasteiger partial charge in [0, 0.05) is 32.3 Å². The number of aromatic nitrogens is 4. The summed E-state index contributed by atoms with van der Waals surface area (Å²) in [6, 6.07) is 5.73. The highest BCUT2D eigenvalue weighted by Gasteiger charge is 2.27. The summed E-state index contributed by atoms with van der Waals surface area (Å²) in [7, 11) is 1.93. The summed E-state index contributed by atoms with van der Waals surface area (Å²) in [4.78, 5) is 23.7. The van der Waals surface area contributed by atoms with Crippen molar-refractivity contribution in [1.29, 1.82) is 0 Å². The number of hydrogen-bond acceptors (Lipinski definition) is 6. The largest absolute Gasteiger partial charge is 0.350 e. The number of nitrogens with zero attached hydrogens (tertiary/aromatic N) is 5. The maximum absolute atomic E-state index is 12.4. The van der Waals surface area contributed by atoms with Crippen molar-refractivity contribution in [2.45, 2.75) is 26.3 Å². The third-order valence-corrected chi connectivity index (χ3v) is 6.05. The predicted molar refractivity (Wildman–Crippen MR) is 102 cm³/mol. The van der Waals surface area contributed by atoms with Gasteiger partial charge in [0.15, 0.2) is 10.8 Å². The fourth-order valence-corrected chi connectivity index (χ4v) is 4.45. The molecule has 0 atom stereocenters. The number of rotatable bonds is 4. The minimum atomic E-state index is 0.0627. The van der Waals surface area contributed by atoms with Gasteiger partial charge in [0.2, 0.25) is 5.91 Å². The quantitative estimate of drug-likeness (QED) is 0.762. The summed E-state index contributed by atoms with van der Waals surface area (Å²) in [6.07, 6.45) is 3.44. The molecule has 0 radical (unpaired) electrons. The molecule has 3 aromatic rings. The molecule has 4 heterocycles. The molecule has 1 aliphatic rings. The first-order valence-corrected chi connectivity index (χ1v) is 9.66. The van der Waals surface area contributed by atoms with Crippen molar-refractivity contribution < 1.29 is 4.79 Å². The van der Waals surface area contributed by atoms with Crippen LogP contribution < -0.4 is 10.2 Å². The average molecular weight is 370 g/mol. The fraction of sp³-hybridized carbons (Fsp3) is 0.444. The van der Waals surface area contributed by atoms with E-state index in [1.807, 2.05) is 36.9 Å². The zero-order valence-corrected chi connectivity index (χ0v) is 15.8. The van der Waals surface area contributed by atoms with Gasteiger partial charge in [0.25, 0.3) is 0 Å². The van der Waals surface area contributed by atoms with Gasteiger partial charge in [0.1, 0.15) is 0 Å². The van der Waals surface area contributed by atoms with Crippen LogP contribution in [0.1, 0.15) is 24.2 Å². The third-order valence-electron chi connectivity index (χ3n) is 4.84. The molecule has 4 rings (SSSR count). The van der Waals surface area contributed by atoms with Crippen LogP contribution in [-0.2, 0) is 18.4 Å². The standard InChI is InChI=1S/C18H22N6OS/c1-12-15-16(23(2)22-12)21-18(26-15)24-9-6-13(7-10-24)17(25)20-11-14-5-3-4-8-19-14/h3-5,8,13H,6-7,9-11H2,1-2H3,(H,20,25). The number of amides is 1. The normalized spacial score (nSPS) is 15.5. The summed E-state index contributed by atoms with van der Waals surface area (Å²) < 4.78 is 2.99. The molecule has 0 aliphatic carbocycles. The van der Waals surface area contributed by atoms with E-state index in [2.05, 4.69) is 20.3 Å². The number of pyridine rings is 1. The summed E-state index contributed by atoms with van der Waals surface area (Å²) >= 11 is 1.69. The maximum Gasteiger partial charge on any atom is 0.223 e. The van der Waals surface area contributed by atoms with E-state index >= 15 is 0 Å². The Morgan fingerprint density at radius 3 is 2.85 bits per heavy atom. The van der Waals surface area contributed by atoms with E-state index in [-0.39, 0.29) is 11.8 Å². The first kappa shape index (κ1) is 17.0. The van der Waals surface area contributed by atoms with Crippen LogP contribution in [0, 0.1) is 12.8 Å². The number of fused-ring (bicyclic) bond motifs is 1. The van der Waals surface area contributed by atoms with Crippen LogP contribution in [0.15, 0.2) is 24.4 Å². The molecule has 0 unspecified atom stereocenters. The molecule has 1 amide bonds. The molecule has 26 heavy (non-hydrogen) atoms. The minimum absolute atomic E-state index is 0.0627.